The summed E-state index contributed by atoms with van der Waals surface area (Å²) in [5.41, 5.74) is 3.83. The predicted molar refractivity (Wildman–Crippen MR) is 90.5 cm³/mol. The number of fused-ring (bicyclic) bond motifs is 1. The van der Waals surface area contributed by atoms with Crippen LogP contribution >= 0.6 is 0 Å². The van der Waals surface area contributed by atoms with E-state index in [1.807, 2.05) is 0 Å². The third-order valence-corrected chi connectivity index (χ3v) is 6.73. The molecule has 0 amide bonds. The van der Waals surface area contributed by atoms with Crippen LogP contribution in [0.5, 0.6) is 0 Å². The summed E-state index contributed by atoms with van der Waals surface area (Å²) in [4.78, 5) is 3.45. The second kappa shape index (κ2) is 6.05. The minimum atomic E-state index is -3.02. The molecule has 1 N–H and O–H groups in total. The van der Waals surface area contributed by atoms with Gasteiger partial charge in [0.15, 0.2) is 0 Å². The zero-order valence-corrected chi connectivity index (χ0v) is 14.1. The molecular weight excluding hydrogens is 296 g/mol. The van der Waals surface area contributed by atoms with Gasteiger partial charge in [0, 0.05) is 29.7 Å². The smallest absolute Gasteiger partial charge is 0.213 e. The molecule has 0 radical (unpaired) electrons. The normalized spacial score (nSPS) is 18.1. The first-order chi connectivity index (χ1) is 10.5. The monoisotopic (exact) mass is 320 g/mol. The van der Waals surface area contributed by atoms with Crippen molar-refractivity contribution in [3.8, 4) is 0 Å². The van der Waals surface area contributed by atoms with Crippen LogP contribution in [0, 0.1) is 12.8 Å². The molecule has 5 heteroatoms. The fourth-order valence-corrected chi connectivity index (χ4v) is 4.59. The molecule has 1 aliphatic heterocycles. The van der Waals surface area contributed by atoms with Crippen LogP contribution in [-0.2, 0) is 16.4 Å². The highest BCUT2D eigenvalue weighted by molar-refractivity contribution is 7.89. The lowest BCUT2D eigenvalue weighted by Crippen LogP contribution is -2.39. The number of aryl methyl sites for hydroxylation is 1. The average molecular weight is 320 g/mol. The standard InChI is InChI=1S/C17H24N2O2S/c1-3-22(20,21)19-10-8-14(9-11-19)12-16-13(2)18-17-7-5-4-6-15(16)17/h4-7,14,18H,3,8-12H2,1-2H3. The summed E-state index contributed by atoms with van der Waals surface area (Å²) in [5, 5.41) is 1.31. The van der Waals surface area contributed by atoms with Gasteiger partial charge in [0.1, 0.15) is 0 Å². The van der Waals surface area contributed by atoms with E-state index in [0.717, 1.165) is 19.3 Å². The van der Waals surface area contributed by atoms with Crippen LogP contribution in [0.2, 0.25) is 0 Å². The van der Waals surface area contributed by atoms with Crippen LogP contribution in [0.3, 0.4) is 0 Å². The Bertz CT molecular complexity index is 756. The molecule has 1 aromatic carbocycles. The van der Waals surface area contributed by atoms with Gasteiger partial charge in [-0.1, -0.05) is 18.2 Å². The van der Waals surface area contributed by atoms with Gasteiger partial charge in [-0.2, -0.15) is 0 Å². The highest BCUT2D eigenvalue weighted by Crippen LogP contribution is 2.29. The molecular formula is C17H24N2O2S. The van der Waals surface area contributed by atoms with E-state index in [-0.39, 0.29) is 5.75 Å². The quantitative estimate of drug-likeness (QED) is 0.941. The first kappa shape index (κ1) is 15.6. The van der Waals surface area contributed by atoms with Gasteiger partial charge in [-0.25, -0.2) is 12.7 Å². The van der Waals surface area contributed by atoms with Crippen molar-refractivity contribution in [1.82, 2.24) is 9.29 Å². The highest BCUT2D eigenvalue weighted by Gasteiger charge is 2.27. The molecule has 22 heavy (non-hydrogen) atoms. The Morgan fingerprint density at radius 2 is 1.91 bits per heavy atom. The third-order valence-electron chi connectivity index (χ3n) is 4.85. The van der Waals surface area contributed by atoms with Crippen molar-refractivity contribution in [1.29, 1.82) is 0 Å². The van der Waals surface area contributed by atoms with Gasteiger partial charge in [0.25, 0.3) is 0 Å². The molecule has 2 heterocycles. The number of hydrogen-bond acceptors (Lipinski definition) is 2. The molecule has 4 nitrogen and oxygen atoms in total. The van der Waals surface area contributed by atoms with Gasteiger partial charge >= 0.3 is 0 Å². The number of nitrogens with zero attached hydrogens (tertiary/aromatic N) is 1. The Labute approximate surface area is 132 Å². The van der Waals surface area contributed by atoms with Crippen molar-refractivity contribution >= 4 is 20.9 Å². The fraction of sp³-hybridized carbons (Fsp3) is 0.529. The molecule has 0 spiro atoms. The minimum absolute atomic E-state index is 0.208. The lowest BCUT2D eigenvalue weighted by molar-refractivity contribution is 0.273. The molecule has 120 valence electrons. The summed E-state index contributed by atoms with van der Waals surface area (Å²) in [7, 11) is -3.02. The minimum Gasteiger partial charge on any atom is -0.358 e. The van der Waals surface area contributed by atoms with Gasteiger partial charge in [0.2, 0.25) is 10.0 Å². The van der Waals surface area contributed by atoms with Crippen LogP contribution < -0.4 is 0 Å². The van der Waals surface area contributed by atoms with E-state index in [1.165, 1.54) is 22.2 Å². The molecule has 2 aromatic rings. The van der Waals surface area contributed by atoms with Crippen molar-refractivity contribution in [3.63, 3.8) is 0 Å². The number of piperidine rings is 1. The fourth-order valence-electron chi connectivity index (χ4n) is 3.46. The van der Waals surface area contributed by atoms with Gasteiger partial charge < -0.3 is 4.98 Å². The molecule has 1 aliphatic rings. The highest BCUT2D eigenvalue weighted by atomic mass is 32.2. The number of nitrogens with one attached hydrogen (secondary N) is 1. The van der Waals surface area contributed by atoms with E-state index in [2.05, 4.69) is 36.2 Å². The summed E-state index contributed by atoms with van der Waals surface area (Å²) >= 11 is 0. The molecule has 3 rings (SSSR count). The van der Waals surface area contributed by atoms with Crippen molar-refractivity contribution < 1.29 is 8.42 Å². The molecule has 0 bridgehead atoms. The number of H-pyrrole nitrogens is 1. The second-order valence-corrected chi connectivity index (χ2v) is 8.48. The number of rotatable bonds is 4. The zero-order valence-electron chi connectivity index (χ0n) is 13.3. The summed E-state index contributed by atoms with van der Waals surface area (Å²) in [6, 6.07) is 8.42. The Hall–Kier alpha value is -1.33. The van der Waals surface area contributed by atoms with Gasteiger partial charge in [-0.05, 0) is 50.7 Å². The lowest BCUT2D eigenvalue weighted by atomic mass is 9.90. The van der Waals surface area contributed by atoms with E-state index >= 15 is 0 Å². The average Bonchev–Trinajstić information content (AvgIpc) is 2.84. The Balaban J connectivity index is 1.71. The SMILES string of the molecule is CCS(=O)(=O)N1CCC(Cc2c(C)[nH]c3ccccc23)CC1. The molecule has 1 aromatic heterocycles. The van der Waals surface area contributed by atoms with Crippen LogP contribution in [0.15, 0.2) is 24.3 Å². The van der Waals surface area contributed by atoms with Crippen LogP contribution in [-0.4, -0.2) is 36.5 Å². The lowest BCUT2D eigenvalue weighted by Gasteiger charge is -2.31. The van der Waals surface area contributed by atoms with Crippen molar-refractivity contribution in [3.05, 3.63) is 35.5 Å². The molecule has 0 unspecified atom stereocenters. The molecule has 1 fully saturated rings. The number of aromatic amines is 1. The molecule has 0 atom stereocenters. The second-order valence-electron chi connectivity index (χ2n) is 6.22. The van der Waals surface area contributed by atoms with E-state index < -0.39 is 10.0 Å². The van der Waals surface area contributed by atoms with E-state index in [1.54, 1.807) is 11.2 Å². The molecule has 0 aliphatic carbocycles. The number of hydrogen-bond donors (Lipinski definition) is 1. The molecule has 1 saturated heterocycles. The first-order valence-corrected chi connectivity index (χ1v) is 9.66. The van der Waals surface area contributed by atoms with Crippen LogP contribution in [0.1, 0.15) is 31.0 Å². The van der Waals surface area contributed by atoms with Gasteiger partial charge in [0.05, 0.1) is 5.75 Å². The summed E-state index contributed by atoms with van der Waals surface area (Å²) in [6.07, 6.45) is 2.95. The van der Waals surface area contributed by atoms with Gasteiger partial charge in [-0.15, -0.1) is 0 Å². The Morgan fingerprint density at radius 1 is 1.23 bits per heavy atom. The maximum Gasteiger partial charge on any atom is 0.213 e. The van der Waals surface area contributed by atoms with Crippen LogP contribution in [0.4, 0.5) is 0 Å². The number of benzene rings is 1. The van der Waals surface area contributed by atoms with E-state index in [4.69, 9.17) is 0 Å². The number of sulfonamides is 1. The van der Waals surface area contributed by atoms with Gasteiger partial charge in [-0.3, -0.25) is 0 Å². The Morgan fingerprint density at radius 3 is 2.59 bits per heavy atom. The molecule has 0 saturated carbocycles. The summed E-state index contributed by atoms with van der Waals surface area (Å²) in [6.45, 7) is 5.19. The van der Waals surface area contributed by atoms with Crippen molar-refractivity contribution in [2.75, 3.05) is 18.8 Å². The van der Waals surface area contributed by atoms with E-state index in [9.17, 15) is 8.42 Å². The predicted octanol–water partition coefficient (Wildman–Crippen LogP) is 3.08. The topological polar surface area (TPSA) is 53.2 Å². The largest absolute Gasteiger partial charge is 0.358 e. The van der Waals surface area contributed by atoms with Crippen molar-refractivity contribution in [2.24, 2.45) is 5.92 Å². The number of aromatic nitrogens is 1. The van der Waals surface area contributed by atoms with Crippen molar-refractivity contribution in [2.45, 2.75) is 33.1 Å². The first-order valence-electron chi connectivity index (χ1n) is 8.05. The summed E-state index contributed by atoms with van der Waals surface area (Å²) < 4.78 is 25.5. The maximum absolute atomic E-state index is 11.9. The summed E-state index contributed by atoms with van der Waals surface area (Å²) in [5.74, 6) is 0.778. The Kier molecular flexibility index (Phi) is 4.28. The van der Waals surface area contributed by atoms with Crippen LogP contribution in [0.25, 0.3) is 10.9 Å². The maximum atomic E-state index is 11.9. The number of para-hydroxylation sites is 1. The zero-order chi connectivity index (χ0) is 15.7. The third kappa shape index (κ3) is 2.92. The van der Waals surface area contributed by atoms with E-state index in [0.29, 0.717) is 19.0 Å².